The molecule has 1 aliphatic rings. The summed E-state index contributed by atoms with van der Waals surface area (Å²) in [5.74, 6) is -1.13. The third-order valence-corrected chi connectivity index (χ3v) is 8.52. The first-order chi connectivity index (χ1) is 22.8. The second-order valence-corrected chi connectivity index (χ2v) is 11.9. The van der Waals surface area contributed by atoms with Crippen molar-refractivity contribution in [2.24, 2.45) is 4.99 Å². The fraction of sp³-hybridized carbons (Fsp3) is 0.0811. The average Bonchev–Trinajstić information content (AvgIpc) is 3.56. The Morgan fingerprint density at radius 3 is 2.32 bits per heavy atom. The molecule has 0 unspecified atom stereocenters. The molecule has 47 heavy (non-hydrogen) atoms. The normalized spacial score (nSPS) is 14.6. The monoisotopic (exact) mass is 681 g/mol. The number of aliphatic imine (C=N–C) groups is 1. The predicted molar refractivity (Wildman–Crippen MR) is 190 cm³/mol. The largest absolute Gasteiger partial charge is 0.457 e. The van der Waals surface area contributed by atoms with Gasteiger partial charge in [-0.1, -0.05) is 120 Å². The Morgan fingerprint density at radius 2 is 1.68 bits per heavy atom. The zero-order chi connectivity index (χ0) is 33.3. The molecule has 10 heteroatoms. The fourth-order valence-corrected chi connectivity index (χ4v) is 5.99. The SMILES string of the molecule is C=C/C=C\C(=C/C)N1C(=O)/C(=C/c2ccc(-c3cc(Cl)ccc3Cl)o2)C(=O)N=C1SCC(=O)NC(c1ccccc1)c1ccccc1. The smallest absolute Gasteiger partial charge is 0.285 e. The lowest BCUT2D eigenvalue weighted by Crippen LogP contribution is -2.42. The molecule has 1 aromatic heterocycles. The highest BCUT2D eigenvalue weighted by molar-refractivity contribution is 8.14. The van der Waals surface area contributed by atoms with Crippen LogP contribution in [0.3, 0.4) is 0 Å². The number of rotatable bonds is 10. The van der Waals surface area contributed by atoms with Crippen LogP contribution in [0.4, 0.5) is 0 Å². The summed E-state index contributed by atoms with van der Waals surface area (Å²) in [7, 11) is 0. The van der Waals surface area contributed by atoms with E-state index in [9.17, 15) is 14.4 Å². The molecule has 3 aromatic carbocycles. The van der Waals surface area contributed by atoms with Crippen molar-refractivity contribution in [3.05, 3.63) is 160 Å². The zero-order valence-corrected chi connectivity index (χ0v) is 27.6. The molecule has 0 atom stereocenters. The van der Waals surface area contributed by atoms with Crippen LogP contribution < -0.4 is 5.32 Å². The molecule has 0 saturated heterocycles. The zero-order valence-electron chi connectivity index (χ0n) is 25.2. The number of nitrogens with one attached hydrogen (secondary N) is 1. The molecule has 0 saturated carbocycles. The van der Waals surface area contributed by atoms with Gasteiger partial charge in [-0.15, -0.1) is 0 Å². The van der Waals surface area contributed by atoms with Crippen molar-refractivity contribution >= 4 is 63.9 Å². The van der Waals surface area contributed by atoms with Crippen LogP contribution >= 0.6 is 35.0 Å². The highest BCUT2D eigenvalue weighted by atomic mass is 35.5. The van der Waals surface area contributed by atoms with E-state index in [0.717, 1.165) is 22.9 Å². The van der Waals surface area contributed by atoms with Gasteiger partial charge in [-0.25, -0.2) is 0 Å². The van der Waals surface area contributed by atoms with Gasteiger partial charge in [-0.05, 0) is 60.5 Å². The Labute approximate surface area is 287 Å². The highest BCUT2D eigenvalue weighted by Crippen LogP contribution is 2.33. The summed E-state index contributed by atoms with van der Waals surface area (Å²) >= 11 is 13.5. The Hall–Kier alpha value is -4.89. The Balaban J connectivity index is 1.41. The fourth-order valence-electron chi connectivity index (χ4n) is 4.80. The molecule has 1 N–H and O–H groups in total. The number of thioether (sulfide) groups is 1. The number of hydrogen-bond donors (Lipinski definition) is 1. The quantitative estimate of drug-likeness (QED) is 0.103. The molecule has 0 fully saturated rings. The molecular weight excluding hydrogens is 653 g/mol. The first kappa shape index (κ1) is 33.5. The Kier molecular flexibility index (Phi) is 11.1. The van der Waals surface area contributed by atoms with Gasteiger partial charge >= 0.3 is 0 Å². The van der Waals surface area contributed by atoms with Gasteiger partial charge in [-0.3, -0.25) is 19.3 Å². The highest BCUT2D eigenvalue weighted by Gasteiger charge is 2.35. The molecule has 1 aliphatic heterocycles. The molecule has 5 rings (SSSR count). The van der Waals surface area contributed by atoms with Crippen LogP contribution in [0.5, 0.6) is 0 Å². The first-order valence-corrected chi connectivity index (χ1v) is 16.2. The van der Waals surface area contributed by atoms with E-state index >= 15 is 0 Å². The lowest BCUT2D eigenvalue weighted by Gasteiger charge is -2.28. The van der Waals surface area contributed by atoms with Gasteiger partial charge in [0.2, 0.25) is 5.91 Å². The standard InChI is InChI=1S/C37H29Cl2N3O4S/c1-3-5-16-27(4-2)42-36(45)30(22-28-18-20-32(46-28)29-21-26(38)17-19-31(29)39)35(44)41-37(42)47-23-33(43)40-34(24-12-8-6-9-13-24)25-14-10-7-11-15-25/h3-22,34H,1,23H2,2H3,(H,40,43)/b16-5-,27-4+,30-22+. The summed E-state index contributed by atoms with van der Waals surface area (Å²) in [5, 5.41) is 4.05. The molecule has 0 spiro atoms. The van der Waals surface area contributed by atoms with Crippen molar-refractivity contribution in [3.8, 4) is 11.3 Å². The summed E-state index contributed by atoms with van der Waals surface area (Å²) in [5.41, 5.74) is 2.62. The number of allylic oxidation sites excluding steroid dienone is 4. The second kappa shape index (κ2) is 15.6. The van der Waals surface area contributed by atoms with Crippen molar-refractivity contribution in [2.45, 2.75) is 13.0 Å². The molecule has 236 valence electrons. The van der Waals surface area contributed by atoms with Gasteiger partial charge in [0.1, 0.15) is 17.1 Å². The van der Waals surface area contributed by atoms with Crippen LogP contribution in [0.25, 0.3) is 17.4 Å². The minimum absolute atomic E-state index is 0.0657. The van der Waals surface area contributed by atoms with Crippen LogP contribution in [-0.4, -0.2) is 33.5 Å². The molecule has 2 heterocycles. The van der Waals surface area contributed by atoms with E-state index < -0.39 is 17.9 Å². The lowest BCUT2D eigenvalue weighted by molar-refractivity contribution is -0.126. The second-order valence-electron chi connectivity index (χ2n) is 10.1. The van der Waals surface area contributed by atoms with Crippen molar-refractivity contribution in [1.29, 1.82) is 0 Å². The van der Waals surface area contributed by atoms with Crippen molar-refractivity contribution < 1.29 is 18.8 Å². The number of nitrogens with zero attached hydrogens (tertiary/aromatic N) is 2. The third-order valence-electron chi connectivity index (χ3n) is 7.02. The average molecular weight is 683 g/mol. The van der Waals surface area contributed by atoms with E-state index in [0.29, 0.717) is 27.1 Å². The van der Waals surface area contributed by atoms with Gasteiger partial charge in [0.05, 0.1) is 16.8 Å². The Bertz CT molecular complexity index is 1890. The predicted octanol–water partition coefficient (Wildman–Crippen LogP) is 8.65. The summed E-state index contributed by atoms with van der Waals surface area (Å²) in [6.07, 6.45) is 7.94. The van der Waals surface area contributed by atoms with Crippen LogP contribution in [-0.2, 0) is 14.4 Å². The summed E-state index contributed by atoms with van der Waals surface area (Å²) < 4.78 is 5.92. The number of carbonyl (C=O) groups is 3. The van der Waals surface area contributed by atoms with E-state index in [1.54, 1.807) is 61.6 Å². The lowest BCUT2D eigenvalue weighted by atomic mass is 9.99. The van der Waals surface area contributed by atoms with E-state index in [-0.39, 0.29) is 28.2 Å². The minimum Gasteiger partial charge on any atom is -0.457 e. The van der Waals surface area contributed by atoms with Crippen molar-refractivity contribution in [1.82, 2.24) is 10.2 Å². The van der Waals surface area contributed by atoms with Gasteiger partial charge in [0, 0.05) is 16.3 Å². The molecule has 0 radical (unpaired) electrons. The van der Waals surface area contributed by atoms with Crippen molar-refractivity contribution in [3.63, 3.8) is 0 Å². The number of amides is 3. The van der Waals surface area contributed by atoms with Crippen LogP contribution in [0.1, 0.15) is 29.9 Å². The first-order valence-electron chi connectivity index (χ1n) is 14.5. The van der Waals surface area contributed by atoms with E-state index in [1.807, 2.05) is 60.7 Å². The van der Waals surface area contributed by atoms with Crippen LogP contribution in [0, 0.1) is 0 Å². The molecule has 7 nitrogen and oxygen atoms in total. The number of benzene rings is 3. The van der Waals surface area contributed by atoms with Gasteiger partial charge in [0.15, 0.2) is 5.17 Å². The molecule has 0 aliphatic carbocycles. The van der Waals surface area contributed by atoms with Gasteiger partial charge in [0.25, 0.3) is 11.8 Å². The number of carbonyl (C=O) groups excluding carboxylic acids is 3. The number of furan rings is 1. The summed E-state index contributed by atoms with van der Waals surface area (Å²) in [6.45, 7) is 5.46. The van der Waals surface area contributed by atoms with E-state index in [2.05, 4.69) is 16.9 Å². The van der Waals surface area contributed by atoms with Crippen LogP contribution in [0.15, 0.2) is 143 Å². The maximum Gasteiger partial charge on any atom is 0.285 e. The van der Waals surface area contributed by atoms with Gasteiger partial charge in [-0.2, -0.15) is 4.99 Å². The molecular formula is C37H29Cl2N3O4S. The maximum atomic E-state index is 13.9. The summed E-state index contributed by atoms with van der Waals surface area (Å²) in [6, 6.07) is 27.1. The number of hydrogen-bond acceptors (Lipinski definition) is 5. The van der Waals surface area contributed by atoms with Gasteiger partial charge < -0.3 is 9.73 Å². The van der Waals surface area contributed by atoms with Crippen LogP contribution in [0.2, 0.25) is 10.0 Å². The van der Waals surface area contributed by atoms with E-state index in [4.69, 9.17) is 27.6 Å². The third kappa shape index (κ3) is 8.10. The topological polar surface area (TPSA) is 92.0 Å². The number of amidine groups is 1. The maximum absolute atomic E-state index is 13.9. The molecule has 4 aromatic rings. The molecule has 3 amide bonds. The summed E-state index contributed by atoms with van der Waals surface area (Å²) in [4.78, 5) is 46.1. The van der Waals surface area contributed by atoms with Crippen molar-refractivity contribution in [2.75, 3.05) is 5.75 Å². The number of halogens is 2. The minimum atomic E-state index is -0.762. The van der Waals surface area contributed by atoms with E-state index in [1.165, 1.54) is 11.0 Å². The Morgan fingerprint density at radius 1 is 1.00 bits per heavy atom. The molecule has 0 bridgehead atoms.